The van der Waals surface area contributed by atoms with E-state index in [1.165, 1.54) is 18.2 Å². The van der Waals surface area contributed by atoms with Crippen molar-refractivity contribution in [1.29, 1.82) is 0 Å². The Morgan fingerprint density at radius 3 is 2.41 bits per heavy atom. The summed E-state index contributed by atoms with van der Waals surface area (Å²) in [6.07, 6.45) is 0. The fourth-order valence-electron chi connectivity index (χ4n) is 2.20. The summed E-state index contributed by atoms with van der Waals surface area (Å²) in [4.78, 5) is 11.2. The summed E-state index contributed by atoms with van der Waals surface area (Å²) in [6.45, 7) is 0. The van der Waals surface area contributed by atoms with Gasteiger partial charge in [0, 0.05) is 32.3 Å². The largest absolute Gasteiger partial charge is 0.477 e. The van der Waals surface area contributed by atoms with Crippen molar-refractivity contribution in [2.24, 2.45) is 0 Å². The van der Waals surface area contributed by atoms with Crippen molar-refractivity contribution in [2.75, 3.05) is 0 Å². The summed E-state index contributed by atoms with van der Waals surface area (Å²) in [5.41, 5.74) is -0.287. The van der Waals surface area contributed by atoms with E-state index in [0.717, 1.165) is 11.3 Å². The van der Waals surface area contributed by atoms with Crippen molar-refractivity contribution in [2.45, 2.75) is 0 Å². The van der Waals surface area contributed by atoms with E-state index < -0.39 is 23.4 Å². The second kappa shape index (κ2) is 5.30. The molecule has 7 heteroatoms. The number of carboxylic acid groups (broad SMARTS) is 1. The van der Waals surface area contributed by atoms with Gasteiger partial charge in [0.05, 0.1) is 0 Å². The molecule has 1 heterocycles. The molecule has 0 saturated heterocycles. The molecule has 22 heavy (non-hydrogen) atoms. The second-order valence-electron chi connectivity index (χ2n) is 4.50. The van der Waals surface area contributed by atoms with Crippen molar-refractivity contribution >= 4 is 39.0 Å². The Balaban J connectivity index is 2.41. The lowest BCUT2D eigenvalue weighted by Crippen LogP contribution is -1.98. The first-order valence-electron chi connectivity index (χ1n) is 5.98. The van der Waals surface area contributed by atoms with E-state index in [2.05, 4.69) is 0 Å². The number of halogens is 4. The van der Waals surface area contributed by atoms with E-state index in [-0.39, 0.29) is 16.0 Å². The first-order valence-corrected chi connectivity index (χ1v) is 7.18. The summed E-state index contributed by atoms with van der Waals surface area (Å²) in [7, 11) is 0. The van der Waals surface area contributed by atoms with Gasteiger partial charge in [-0.1, -0.05) is 17.7 Å². The van der Waals surface area contributed by atoms with Gasteiger partial charge in [0.2, 0.25) is 0 Å². The molecule has 0 spiro atoms. The molecule has 0 atom stereocenters. The van der Waals surface area contributed by atoms with Crippen LogP contribution in [0.1, 0.15) is 9.67 Å². The molecule has 2 nitrogen and oxygen atoms in total. The first-order chi connectivity index (χ1) is 10.4. The Kier molecular flexibility index (Phi) is 3.58. The molecule has 0 bridgehead atoms. The maximum Gasteiger partial charge on any atom is 0.346 e. The van der Waals surface area contributed by atoms with Crippen LogP contribution in [0.4, 0.5) is 13.2 Å². The van der Waals surface area contributed by atoms with Gasteiger partial charge in [-0.3, -0.25) is 0 Å². The Morgan fingerprint density at radius 2 is 1.73 bits per heavy atom. The normalized spacial score (nSPS) is 11.1. The molecule has 0 aliphatic carbocycles. The number of hydrogen-bond donors (Lipinski definition) is 1. The monoisotopic (exact) mass is 342 g/mol. The Hall–Kier alpha value is -2.05. The van der Waals surface area contributed by atoms with Crippen molar-refractivity contribution in [1.82, 2.24) is 0 Å². The highest BCUT2D eigenvalue weighted by molar-refractivity contribution is 7.21. The summed E-state index contributed by atoms with van der Waals surface area (Å²) in [5.74, 6) is -4.89. The zero-order valence-electron chi connectivity index (χ0n) is 10.7. The van der Waals surface area contributed by atoms with Crippen LogP contribution >= 0.6 is 22.9 Å². The minimum atomic E-state index is -1.33. The van der Waals surface area contributed by atoms with Crippen LogP contribution in [0, 0.1) is 17.5 Å². The highest BCUT2D eigenvalue weighted by Crippen LogP contribution is 2.41. The minimum Gasteiger partial charge on any atom is -0.477 e. The number of rotatable bonds is 2. The minimum absolute atomic E-state index is 0.0144. The summed E-state index contributed by atoms with van der Waals surface area (Å²) >= 11 is 6.75. The number of benzene rings is 2. The van der Waals surface area contributed by atoms with Gasteiger partial charge in [0.1, 0.15) is 10.7 Å². The molecule has 1 aromatic heterocycles. The highest BCUT2D eigenvalue weighted by Gasteiger charge is 2.23. The number of carbonyl (C=O) groups is 1. The van der Waals surface area contributed by atoms with Gasteiger partial charge < -0.3 is 5.11 Å². The van der Waals surface area contributed by atoms with E-state index in [1.54, 1.807) is 0 Å². The van der Waals surface area contributed by atoms with Crippen LogP contribution in [0.3, 0.4) is 0 Å². The van der Waals surface area contributed by atoms with Gasteiger partial charge >= 0.3 is 5.97 Å². The fourth-order valence-corrected chi connectivity index (χ4v) is 3.53. The quantitative estimate of drug-likeness (QED) is 0.638. The second-order valence-corrected chi connectivity index (χ2v) is 5.99. The maximum atomic E-state index is 14.0. The van der Waals surface area contributed by atoms with E-state index in [4.69, 9.17) is 11.6 Å². The topological polar surface area (TPSA) is 37.3 Å². The molecular formula is C15H6ClF3O2S. The molecule has 0 radical (unpaired) electrons. The van der Waals surface area contributed by atoms with Gasteiger partial charge in [-0.25, -0.2) is 18.0 Å². The number of carboxylic acids is 1. The SMILES string of the molecule is O=C(O)c1sc2cc(Cl)ccc2c1-c1cc(F)c(F)cc1F. The molecule has 3 aromatic rings. The molecule has 0 amide bonds. The van der Waals surface area contributed by atoms with E-state index in [9.17, 15) is 23.1 Å². The van der Waals surface area contributed by atoms with Crippen molar-refractivity contribution < 1.29 is 23.1 Å². The van der Waals surface area contributed by atoms with Crippen molar-refractivity contribution in [3.05, 3.63) is 57.7 Å². The van der Waals surface area contributed by atoms with Crippen LogP contribution in [0.15, 0.2) is 30.3 Å². The van der Waals surface area contributed by atoms with E-state index >= 15 is 0 Å². The third-order valence-electron chi connectivity index (χ3n) is 3.13. The zero-order valence-corrected chi connectivity index (χ0v) is 12.2. The summed E-state index contributed by atoms with van der Waals surface area (Å²) < 4.78 is 41.1. The maximum absolute atomic E-state index is 14.0. The lowest BCUT2D eigenvalue weighted by Gasteiger charge is -2.05. The molecule has 0 aliphatic heterocycles. The third-order valence-corrected chi connectivity index (χ3v) is 4.50. The van der Waals surface area contributed by atoms with Gasteiger partial charge in [-0.15, -0.1) is 11.3 Å². The zero-order chi connectivity index (χ0) is 16.0. The third kappa shape index (κ3) is 2.34. The molecule has 112 valence electrons. The van der Waals surface area contributed by atoms with Crippen LogP contribution in [-0.4, -0.2) is 11.1 Å². The smallest absolute Gasteiger partial charge is 0.346 e. The predicted molar refractivity (Wildman–Crippen MR) is 79.1 cm³/mol. The van der Waals surface area contributed by atoms with Crippen LogP contribution in [0.2, 0.25) is 5.02 Å². The van der Waals surface area contributed by atoms with Crippen LogP contribution in [-0.2, 0) is 0 Å². The molecule has 1 N–H and O–H groups in total. The van der Waals surface area contributed by atoms with Crippen molar-refractivity contribution in [3.63, 3.8) is 0 Å². The Labute approximate surface area is 131 Å². The molecule has 0 saturated carbocycles. The molecule has 0 unspecified atom stereocenters. The fraction of sp³-hybridized carbons (Fsp3) is 0. The molecule has 0 fully saturated rings. The van der Waals surface area contributed by atoms with E-state index in [1.807, 2.05) is 0 Å². The van der Waals surface area contributed by atoms with Gasteiger partial charge in [0.25, 0.3) is 0 Å². The van der Waals surface area contributed by atoms with Gasteiger partial charge in [-0.2, -0.15) is 0 Å². The Bertz CT molecular complexity index is 921. The van der Waals surface area contributed by atoms with Crippen LogP contribution in [0.25, 0.3) is 21.2 Å². The number of aromatic carboxylic acids is 1. The molecule has 3 rings (SSSR count). The molecular weight excluding hydrogens is 337 g/mol. The standard InChI is InChI=1S/C15H6ClF3O2S/c16-6-1-2-7-12(3-6)22-14(15(20)21)13(7)8-4-10(18)11(19)5-9(8)17/h1-5H,(H,20,21). The van der Waals surface area contributed by atoms with Crippen molar-refractivity contribution in [3.8, 4) is 11.1 Å². The number of fused-ring (bicyclic) bond motifs is 1. The van der Waals surface area contributed by atoms with Gasteiger partial charge in [0.15, 0.2) is 11.6 Å². The van der Waals surface area contributed by atoms with Gasteiger partial charge in [-0.05, 0) is 18.2 Å². The lowest BCUT2D eigenvalue weighted by atomic mass is 10.0. The molecule has 2 aromatic carbocycles. The number of thiophene rings is 1. The Morgan fingerprint density at radius 1 is 1.05 bits per heavy atom. The lowest BCUT2D eigenvalue weighted by molar-refractivity contribution is 0.0703. The van der Waals surface area contributed by atoms with Crippen LogP contribution < -0.4 is 0 Å². The summed E-state index contributed by atoms with van der Waals surface area (Å²) in [5, 5.41) is 10.1. The van der Waals surface area contributed by atoms with E-state index in [0.29, 0.717) is 27.2 Å². The average molecular weight is 343 g/mol. The predicted octanol–water partition coefficient (Wildman–Crippen LogP) is 5.34. The number of hydrogen-bond acceptors (Lipinski definition) is 2. The van der Waals surface area contributed by atoms with Crippen LogP contribution in [0.5, 0.6) is 0 Å². The summed E-state index contributed by atoms with van der Waals surface area (Å²) in [6, 6.07) is 5.64. The highest BCUT2D eigenvalue weighted by atomic mass is 35.5. The average Bonchev–Trinajstić information content (AvgIpc) is 2.81. The molecule has 0 aliphatic rings. The first kappa shape index (κ1) is 14.9.